The van der Waals surface area contributed by atoms with Gasteiger partial charge in [-0.2, -0.15) is 11.8 Å². The smallest absolute Gasteiger partial charge is 0.0783 e. The molecule has 0 bridgehead atoms. The summed E-state index contributed by atoms with van der Waals surface area (Å²) in [5.74, 6) is 3.95. The molecule has 2 saturated heterocycles. The predicted octanol–water partition coefficient (Wildman–Crippen LogP) is 4.06. The van der Waals surface area contributed by atoms with Gasteiger partial charge in [-0.3, -0.25) is 0 Å². The molecule has 3 atom stereocenters. The van der Waals surface area contributed by atoms with Crippen LogP contribution in [-0.2, 0) is 4.74 Å². The highest BCUT2D eigenvalue weighted by Gasteiger charge is 2.41. The number of thioether (sulfide) groups is 2. The van der Waals surface area contributed by atoms with E-state index in [9.17, 15) is 0 Å². The predicted molar refractivity (Wildman–Crippen MR) is 93.5 cm³/mol. The summed E-state index contributed by atoms with van der Waals surface area (Å²) >= 11 is 9.77. The molecule has 116 valence electrons. The average molecular weight is 344 g/mol. The molecule has 2 N–H and O–H groups in total. The van der Waals surface area contributed by atoms with Crippen LogP contribution in [0.2, 0.25) is 5.02 Å². The minimum Gasteiger partial charge on any atom is -0.374 e. The zero-order valence-electron chi connectivity index (χ0n) is 12.1. The van der Waals surface area contributed by atoms with E-state index in [1.54, 1.807) is 0 Å². The summed E-state index contributed by atoms with van der Waals surface area (Å²) in [4.78, 5) is 1.24. The molecular weight excluding hydrogens is 322 g/mol. The molecule has 0 saturated carbocycles. The van der Waals surface area contributed by atoms with Crippen molar-refractivity contribution in [1.82, 2.24) is 0 Å². The summed E-state index contributed by atoms with van der Waals surface area (Å²) in [6, 6.07) is 8.26. The van der Waals surface area contributed by atoms with E-state index in [0.29, 0.717) is 5.92 Å². The summed E-state index contributed by atoms with van der Waals surface area (Å²) < 4.78 is 6.08. The summed E-state index contributed by atoms with van der Waals surface area (Å²) in [5.41, 5.74) is 6.60. The van der Waals surface area contributed by atoms with Crippen LogP contribution < -0.4 is 5.73 Å². The molecule has 2 fully saturated rings. The second-order valence-electron chi connectivity index (χ2n) is 6.02. The van der Waals surface area contributed by atoms with Crippen LogP contribution in [-0.4, -0.2) is 35.5 Å². The minimum atomic E-state index is 0.135. The summed E-state index contributed by atoms with van der Waals surface area (Å²) in [6.45, 7) is 0.880. The van der Waals surface area contributed by atoms with E-state index >= 15 is 0 Å². The van der Waals surface area contributed by atoms with Crippen molar-refractivity contribution >= 4 is 35.1 Å². The second-order valence-corrected chi connectivity index (χ2v) is 8.65. The Morgan fingerprint density at radius 1 is 1.43 bits per heavy atom. The maximum Gasteiger partial charge on any atom is 0.0783 e. The number of ether oxygens (including phenoxy) is 1. The number of halogens is 1. The average Bonchev–Trinajstić information content (AvgIpc) is 2.94. The van der Waals surface area contributed by atoms with Gasteiger partial charge in [0.2, 0.25) is 0 Å². The second kappa shape index (κ2) is 7.14. The number of hydrogen-bond donors (Lipinski definition) is 1. The molecule has 2 aliphatic rings. The van der Waals surface area contributed by atoms with Crippen molar-refractivity contribution < 1.29 is 4.74 Å². The van der Waals surface area contributed by atoms with E-state index < -0.39 is 0 Å². The van der Waals surface area contributed by atoms with Gasteiger partial charge in [-0.15, -0.1) is 11.8 Å². The van der Waals surface area contributed by atoms with Gasteiger partial charge < -0.3 is 10.5 Å². The van der Waals surface area contributed by atoms with Gasteiger partial charge in [-0.05, 0) is 55.2 Å². The Morgan fingerprint density at radius 3 is 2.95 bits per heavy atom. The molecule has 2 heterocycles. The number of nitrogens with two attached hydrogens (primary N) is 1. The topological polar surface area (TPSA) is 35.2 Å². The normalized spacial score (nSPS) is 30.7. The standard InChI is InChI=1S/C16H22ClNOS2/c17-13-1-3-14(4-2-13)21-10-15(18)12-5-7-19-16(9-12)6-8-20-11-16/h1-4,12,15H,5-11,18H2. The van der Waals surface area contributed by atoms with Crippen LogP contribution in [0, 0.1) is 5.92 Å². The molecule has 5 heteroatoms. The van der Waals surface area contributed by atoms with Crippen LogP contribution in [0.1, 0.15) is 19.3 Å². The quantitative estimate of drug-likeness (QED) is 0.836. The Balaban J connectivity index is 1.52. The number of benzene rings is 1. The van der Waals surface area contributed by atoms with Crippen LogP contribution in [0.4, 0.5) is 0 Å². The van der Waals surface area contributed by atoms with Gasteiger partial charge in [0.15, 0.2) is 0 Å². The lowest BCUT2D eigenvalue weighted by atomic mass is 9.82. The van der Waals surface area contributed by atoms with Crippen LogP contribution in [0.25, 0.3) is 0 Å². The summed E-state index contributed by atoms with van der Waals surface area (Å²) in [5, 5.41) is 0.786. The molecule has 1 spiro atoms. The van der Waals surface area contributed by atoms with Gasteiger partial charge in [0, 0.05) is 34.1 Å². The Labute approximate surface area is 140 Å². The molecule has 0 amide bonds. The van der Waals surface area contributed by atoms with E-state index in [1.807, 2.05) is 35.7 Å². The van der Waals surface area contributed by atoms with Crippen LogP contribution >= 0.6 is 35.1 Å². The molecule has 2 nitrogen and oxygen atoms in total. The first kappa shape index (κ1) is 16.0. The largest absolute Gasteiger partial charge is 0.374 e. The molecule has 21 heavy (non-hydrogen) atoms. The monoisotopic (exact) mass is 343 g/mol. The highest BCUT2D eigenvalue weighted by atomic mass is 35.5. The molecule has 2 aliphatic heterocycles. The van der Waals surface area contributed by atoms with Crippen molar-refractivity contribution in [2.24, 2.45) is 11.7 Å². The first-order chi connectivity index (χ1) is 10.2. The fourth-order valence-electron chi connectivity index (χ4n) is 3.15. The van der Waals surface area contributed by atoms with Crippen molar-refractivity contribution in [3.05, 3.63) is 29.3 Å². The third kappa shape index (κ3) is 4.11. The molecule has 0 aromatic heterocycles. The molecular formula is C16H22ClNOS2. The zero-order chi connectivity index (χ0) is 14.7. The van der Waals surface area contributed by atoms with E-state index in [4.69, 9.17) is 22.1 Å². The van der Waals surface area contributed by atoms with E-state index in [-0.39, 0.29) is 11.6 Å². The van der Waals surface area contributed by atoms with Gasteiger partial charge >= 0.3 is 0 Å². The molecule has 0 aliphatic carbocycles. The molecule has 1 aromatic carbocycles. The highest BCUT2D eigenvalue weighted by molar-refractivity contribution is 7.99. The van der Waals surface area contributed by atoms with Gasteiger partial charge in [0.1, 0.15) is 0 Å². The van der Waals surface area contributed by atoms with Crippen molar-refractivity contribution in [3.8, 4) is 0 Å². The van der Waals surface area contributed by atoms with Crippen molar-refractivity contribution in [3.63, 3.8) is 0 Å². The Bertz CT molecular complexity index is 462. The molecule has 1 aromatic rings. The lowest BCUT2D eigenvalue weighted by molar-refractivity contribution is -0.0820. The third-order valence-electron chi connectivity index (χ3n) is 4.46. The van der Waals surface area contributed by atoms with Crippen LogP contribution in [0.3, 0.4) is 0 Å². The lowest BCUT2D eigenvalue weighted by Crippen LogP contribution is -2.46. The maximum absolute atomic E-state index is 6.47. The third-order valence-corrected chi connectivity index (χ3v) is 7.09. The van der Waals surface area contributed by atoms with Crippen molar-refractivity contribution in [2.45, 2.75) is 35.8 Å². The van der Waals surface area contributed by atoms with Crippen molar-refractivity contribution in [2.75, 3.05) is 23.9 Å². The van der Waals surface area contributed by atoms with Gasteiger partial charge in [-0.25, -0.2) is 0 Å². The fraction of sp³-hybridized carbons (Fsp3) is 0.625. The van der Waals surface area contributed by atoms with Crippen LogP contribution in [0.5, 0.6) is 0 Å². The SMILES string of the molecule is NC(CSc1ccc(Cl)cc1)C1CCOC2(CCSC2)C1. The highest BCUT2D eigenvalue weighted by Crippen LogP contribution is 2.41. The first-order valence-electron chi connectivity index (χ1n) is 7.53. The summed E-state index contributed by atoms with van der Waals surface area (Å²) in [6.07, 6.45) is 3.45. The zero-order valence-corrected chi connectivity index (χ0v) is 14.5. The first-order valence-corrected chi connectivity index (χ1v) is 10.0. The van der Waals surface area contributed by atoms with Crippen molar-refractivity contribution in [1.29, 1.82) is 0 Å². The molecule has 3 unspecified atom stereocenters. The van der Waals surface area contributed by atoms with Gasteiger partial charge in [-0.1, -0.05) is 11.6 Å². The van der Waals surface area contributed by atoms with Gasteiger partial charge in [0.05, 0.1) is 5.60 Å². The van der Waals surface area contributed by atoms with E-state index in [0.717, 1.165) is 36.0 Å². The van der Waals surface area contributed by atoms with E-state index in [1.165, 1.54) is 17.1 Å². The van der Waals surface area contributed by atoms with Gasteiger partial charge in [0.25, 0.3) is 0 Å². The van der Waals surface area contributed by atoms with E-state index in [2.05, 4.69) is 12.1 Å². The fourth-order valence-corrected chi connectivity index (χ4v) is 5.64. The molecule has 0 radical (unpaired) electrons. The summed E-state index contributed by atoms with van der Waals surface area (Å²) in [7, 11) is 0. The maximum atomic E-state index is 6.47. The Hall–Kier alpha value is 0.130. The number of hydrogen-bond acceptors (Lipinski definition) is 4. The Morgan fingerprint density at radius 2 is 2.24 bits per heavy atom. The number of rotatable bonds is 4. The molecule has 3 rings (SSSR count). The lowest BCUT2D eigenvalue weighted by Gasteiger charge is -2.40. The minimum absolute atomic E-state index is 0.135. The Kier molecular flexibility index (Phi) is 5.44. The van der Waals surface area contributed by atoms with Crippen LogP contribution in [0.15, 0.2) is 29.2 Å².